The summed E-state index contributed by atoms with van der Waals surface area (Å²) in [4.78, 5) is 33.9. The van der Waals surface area contributed by atoms with E-state index in [1.807, 2.05) is 6.92 Å². The van der Waals surface area contributed by atoms with Gasteiger partial charge in [-0.25, -0.2) is 4.57 Å². The maximum atomic E-state index is 12.1. The summed E-state index contributed by atoms with van der Waals surface area (Å²) >= 11 is 0. The first-order valence-electron chi connectivity index (χ1n) is 14.0. The van der Waals surface area contributed by atoms with Gasteiger partial charge in [0.15, 0.2) is 6.10 Å². The van der Waals surface area contributed by atoms with Gasteiger partial charge in [-0.05, 0) is 12.8 Å². The number of hydrogen-bond acceptors (Lipinski definition) is 8. The van der Waals surface area contributed by atoms with Crippen molar-refractivity contribution in [3.63, 3.8) is 0 Å². The fourth-order valence-electron chi connectivity index (χ4n) is 3.63. The maximum Gasteiger partial charge on any atom is 0.472 e. The minimum atomic E-state index is -4.33. The highest BCUT2D eigenvalue weighted by Crippen LogP contribution is 2.43. The van der Waals surface area contributed by atoms with Crippen LogP contribution in [0.15, 0.2) is 0 Å². The van der Waals surface area contributed by atoms with Gasteiger partial charge in [0.2, 0.25) is 0 Å². The zero-order valence-corrected chi connectivity index (χ0v) is 23.7. The number of unbranched alkanes of at least 4 members (excludes halogenated alkanes) is 13. The highest BCUT2D eigenvalue weighted by Gasteiger charge is 2.25. The fourth-order valence-corrected chi connectivity index (χ4v) is 4.40. The van der Waals surface area contributed by atoms with Crippen LogP contribution in [0.25, 0.3) is 0 Å². The minimum absolute atomic E-state index is 0.0560. The van der Waals surface area contributed by atoms with E-state index in [2.05, 4.69) is 11.4 Å². The van der Waals surface area contributed by atoms with Crippen LogP contribution < -0.4 is 5.73 Å². The zero-order chi connectivity index (χ0) is 26.9. The molecule has 1 unspecified atom stereocenters. The molecule has 0 heterocycles. The first-order valence-corrected chi connectivity index (χ1v) is 15.5. The molecule has 9 nitrogen and oxygen atoms in total. The monoisotopic (exact) mass is 537 g/mol. The third-order valence-electron chi connectivity index (χ3n) is 5.74. The minimum Gasteiger partial charge on any atom is -0.462 e. The van der Waals surface area contributed by atoms with E-state index in [-0.39, 0.29) is 38.6 Å². The summed E-state index contributed by atoms with van der Waals surface area (Å²) in [7, 11) is -4.33. The Morgan fingerprint density at radius 2 is 1.19 bits per heavy atom. The molecule has 0 spiro atoms. The van der Waals surface area contributed by atoms with E-state index in [1.165, 1.54) is 57.8 Å². The van der Waals surface area contributed by atoms with Crippen molar-refractivity contribution in [3.8, 4) is 0 Å². The van der Waals surface area contributed by atoms with Crippen molar-refractivity contribution in [3.05, 3.63) is 0 Å². The number of phosphoric ester groups is 1. The van der Waals surface area contributed by atoms with Gasteiger partial charge in [-0.3, -0.25) is 18.6 Å². The quantitative estimate of drug-likeness (QED) is 0.0750. The van der Waals surface area contributed by atoms with Crippen LogP contribution in [-0.2, 0) is 32.7 Å². The third kappa shape index (κ3) is 23.4. The van der Waals surface area contributed by atoms with Crippen molar-refractivity contribution in [1.29, 1.82) is 0 Å². The van der Waals surface area contributed by atoms with Crippen molar-refractivity contribution in [2.45, 2.75) is 129 Å². The zero-order valence-electron chi connectivity index (χ0n) is 22.8. The molecule has 0 radical (unpaired) electrons. The second-order valence-electron chi connectivity index (χ2n) is 9.28. The van der Waals surface area contributed by atoms with E-state index < -0.39 is 26.5 Å². The second-order valence-corrected chi connectivity index (χ2v) is 10.7. The van der Waals surface area contributed by atoms with Crippen molar-refractivity contribution < 1.29 is 37.6 Å². The lowest BCUT2D eigenvalue weighted by Crippen LogP contribution is -2.29. The van der Waals surface area contributed by atoms with Gasteiger partial charge in [-0.15, -0.1) is 0 Å². The maximum absolute atomic E-state index is 12.1. The summed E-state index contributed by atoms with van der Waals surface area (Å²) in [5, 5.41) is 0. The Kier molecular flexibility index (Phi) is 23.7. The Bertz CT molecular complexity index is 590. The molecule has 36 heavy (non-hydrogen) atoms. The Hall–Kier alpha value is -0.990. The molecule has 2 atom stereocenters. The molecule has 0 bridgehead atoms. The predicted molar refractivity (Wildman–Crippen MR) is 141 cm³/mol. The average Bonchev–Trinajstić information content (AvgIpc) is 2.85. The Morgan fingerprint density at radius 1 is 0.722 bits per heavy atom. The summed E-state index contributed by atoms with van der Waals surface area (Å²) < 4.78 is 32.0. The molecule has 0 aromatic rings. The third-order valence-corrected chi connectivity index (χ3v) is 6.73. The molecule has 3 N–H and O–H groups in total. The van der Waals surface area contributed by atoms with Crippen molar-refractivity contribution >= 4 is 19.8 Å². The average molecular weight is 538 g/mol. The second kappa shape index (κ2) is 24.4. The summed E-state index contributed by atoms with van der Waals surface area (Å²) in [6, 6.07) is 0. The van der Waals surface area contributed by atoms with Gasteiger partial charge in [-0.2, -0.15) is 0 Å². The first kappa shape index (κ1) is 35.0. The van der Waals surface area contributed by atoms with Gasteiger partial charge < -0.3 is 20.1 Å². The lowest BCUT2D eigenvalue weighted by Gasteiger charge is -2.19. The smallest absolute Gasteiger partial charge is 0.462 e. The standard InChI is InChI=1S/C26H52NO8P/c1-3-5-7-8-9-10-11-12-13-14-15-17-18-25(28)32-22-24(35-26(29)19-16-6-4-2)23-34-36(30,31)33-21-20-27/h24H,3-23,27H2,1-2H3,(H,30,31)/t24-/m1/s1. The molecular weight excluding hydrogens is 485 g/mol. The largest absolute Gasteiger partial charge is 0.472 e. The summed E-state index contributed by atoms with van der Waals surface area (Å²) in [6.07, 6.45) is 16.6. The molecule has 0 aliphatic rings. The lowest BCUT2D eigenvalue weighted by atomic mass is 10.0. The van der Waals surface area contributed by atoms with E-state index >= 15 is 0 Å². The summed E-state index contributed by atoms with van der Waals surface area (Å²) in [5.41, 5.74) is 5.26. The molecule has 0 fully saturated rings. The van der Waals surface area contributed by atoms with Crippen LogP contribution in [0.1, 0.15) is 123 Å². The van der Waals surface area contributed by atoms with Gasteiger partial charge in [0.1, 0.15) is 6.61 Å². The van der Waals surface area contributed by atoms with Crippen LogP contribution in [0.3, 0.4) is 0 Å². The number of hydrogen-bond donors (Lipinski definition) is 2. The summed E-state index contributed by atoms with van der Waals surface area (Å²) in [5.74, 6) is -0.856. The van der Waals surface area contributed by atoms with E-state index in [0.717, 1.165) is 32.1 Å². The number of phosphoric acid groups is 1. The van der Waals surface area contributed by atoms with E-state index in [9.17, 15) is 19.0 Å². The van der Waals surface area contributed by atoms with Crippen LogP contribution in [-0.4, -0.2) is 49.3 Å². The van der Waals surface area contributed by atoms with Crippen LogP contribution >= 0.6 is 7.82 Å². The van der Waals surface area contributed by atoms with Gasteiger partial charge in [0.05, 0.1) is 13.2 Å². The van der Waals surface area contributed by atoms with Gasteiger partial charge >= 0.3 is 19.8 Å². The molecule has 0 aromatic carbocycles. The summed E-state index contributed by atoms with van der Waals surface area (Å²) in [6.45, 7) is 3.50. The normalized spacial score (nSPS) is 13.8. The molecule has 0 saturated heterocycles. The molecule has 0 aliphatic heterocycles. The van der Waals surface area contributed by atoms with Gasteiger partial charge in [0.25, 0.3) is 0 Å². The van der Waals surface area contributed by atoms with Crippen molar-refractivity contribution in [2.24, 2.45) is 5.73 Å². The molecule has 0 saturated carbocycles. The molecule has 0 amide bonds. The SMILES string of the molecule is CCCCCCCCCCCCCCC(=O)OC[C@H](COP(=O)(O)OCCN)OC(=O)CCCCC. The Balaban J connectivity index is 4.15. The Labute approximate surface area is 218 Å². The number of carbonyl (C=O) groups excluding carboxylic acids is 2. The molecule has 214 valence electrons. The highest BCUT2D eigenvalue weighted by molar-refractivity contribution is 7.47. The molecule has 0 rings (SSSR count). The van der Waals surface area contributed by atoms with Crippen molar-refractivity contribution in [1.82, 2.24) is 0 Å². The van der Waals surface area contributed by atoms with Crippen LogP contribution in [0, 0.1) is 0 Å². The molecular formula is C26H52NO8P. The van der Waals surface area contributed by atoms with E-state index in [0.29, 0.717) is 6.42 Å². The highest BCUT2D eigenvalue weighted by atomic mass is 31.2. The lowest BCUT2D eigenvalue weighted by molar-refractivity contribution is -0.161. The van der Waals surface area contributed by atoms with Gasteiger partial charge in [0, 0.05) is 19.4 Å². The topological polar surface area (TPSA) is 134 Å². The van der Waals surface area contributed by atoms with E-state index in [1.54, 1.807) is 0 Å². The number of rotatable bonds is 26. The number of esters is 2. The van der Waals surface area contributed by atoms with Gasteiger partial charge in [-0.1, -0.05) is 97.3 Å². The molecule has 0 aliphatic carbocycles. The molecule has 0 aromatic heterocycles. The van der Waals surface area contributed by atoms with Crippen molar-refractivity contribution in [2.75, 3.05) is 26.4 Å². The van der Waals surface area contributed by atoms with Crippen LogP contribution in [0.4, 0.5) is 0 Å². The fraction of sp³-hybridized carbons (Fsp3) is 0.923. The molecule has 10 heteroatoms. The van der Waals surface area contributed by atoms with E-state index in [4.69, 9.17) is 19.7 Å². The number of ether oxygens (including phenoxy) is 2. The predicted octanol–water partition coefficient (Wildman–Crippen LogP) is 6.21. The number of nitrogens with two attached hydrogens (primary N) is 1. The Morgan fingerprint density at radius 3 is 1.75 bits per heavy atom. The number of carbonyl (C=O) groups is 2. The van der Waals surface area contributed by atoms with Crippen LogP contribution in [0.2, 0.25) is 0 Å². The first-order chi connectivity index (χ1) is 17.3. The van der Waals surface area contributed by atoms with Crippen LogP contribution in [0.5, 0.6) is 0 Å².